The number of ether oxygens (including phenoxy) is 1. The smallest absolute Gasteiger partial charge is 0.251 e. The number of amides is 1. The van der Waals surface area contributed by atoms with E-state index in [-0.39, 0.29) is 5.91 Å². The summed E-state index contributed by atoms with van der Waals surface area (Å²) < 4.78 is 5.11. The second-order valence-electron chi connectivity index (χ2n) is 7.07. The van der Waals surface area contributed by atoms with Gasteiger partial charge in [0.15, 0.2) is 0 Å². The summed E-state index contributed by atoms with van der Waals surface area (Å²) in [5.74, 6) is -0.0333. The van der Waals surface area contributed by atoms with Crippen LogP contribution in [0.3, 0.4) is 0 Å². The molecule has 0 spiro atoms. The van der Waals surface area contributed by atoms with E-state index < -0.39 is 0 Å². The van der Waals surface area contributed by atoms with Gasteiger partial charge in [-0.2, -0.15) is 0 Å². The highest BCUT2D eigenvalue weighted by Crippen LogP contribution is 2.10. The van der Waals surface area contributed by atoms with Gasteiger partial charge >= 0.3 is 0 Å². The van der Waals surface area contributed by atoms with Gasteiger partial charge in [0.2, 0.25) is 0 Å². The summed E-state index contributed by atoms with van der Waals surface area (Å²) >= 11 is 0. The largest absolute Gasteiger partial charge is 0.380 e. The Bertz CT molecular complexity index is 706. The van der Waals surface area contributed by atoms with Crippen molar-refractivity contribution >= 4 is 5.91 Å². The molecule has 1 fully saturated rings. The summed E-state index contributed by atoms with van der Waals surface area (Å²) in [7, 11) is 1.67. The van der Waals surface area contributed by atoms with E-state index in [4.69, 9.17) is 4.74 Å². The molecule has 138 valence electrons. The Labute approximate surface area is 156 Å². The number of nitrogens with one attached hydrogen (secondary N) is 2. The lowest BCUT2D eigenvalue weighted by Gasteiger charge is -2.24. The normalized spacial score (nSPS) is 15.0. The minimum absolute atomic E-state index is 0.0333. The van der Waals surface area contributed by atoms with Crippen LogP contribution in [0.5, 0.6) is 0 Å². The first-order chi connectivity index (χ1) is 12.8. The highest BCUT2D eigenvalue weighted by molar-refractivity contribution is 5.94. The van der Waals surface area contributed by atoms with Crippen molar-refractivity contribution in [1.82, 2.24) is 5.32 Å². The zero-order chi connectivity index (χ0) is 18.2. The number of benzene rings is 2. The Morgan fingerprint density at radius 3 is 2.38 bits per heavy atom. The van der Waals surface area contributed by atoms with E-state index in [0.29, 0.717) is 18.7 Å². The van der Waals surface area contributed by atoms with Gasteiger partial charge in [0.05, 0.1) is 19.7 Å². The first-order valence-electron chi connectivity index (χ1n) is 9.52. The molecule has 1 amide bonds. The van der Waals surface area contributed by atoms with Crippen LogP contribution in [-0.4, -0.2) is 26.1 Å². The molecule has 2 aromatic carbocycles. The van der Waals surface area contributed by atoms with Crippen LogP contribution in [0.25, 0.3) is 0 Å². The molecule has 1 saturated heterocycles. The Morgan fingerprint density at radius 2 is 1.69 bits per heavy atom. The summed E-state index contributed by atoms with van der Waals surface area (Å²) in [5, 5.41) is 3.06. The lowest BCUT2D eigenvalue weighted by atomic mass is 10.0. The molecule has 2 N–H and O–H groups in total. The lowest BCUT2D eigenvalue weighted by Crippen LogP contribution is -3.11. The maximum atomic E-state index is 12.4. The molecule has 0 saturated carbocycles. The molecule has 4 heteroatoms. The molecule has 2 aromatic rings. The van der Waals surface area contributed by atoms with Gasteiger partial charge in [-0.15, -0.1) is 0 Å². The number of piperidine rings is 1. The van der Waals surface area contributed by atoms with Gasteiger partial charge < -0.3 is 15.0 Å². The molecule has 0 aliphatic carbocycles. The average molecular weight is 353 g/mol. The lowest BCUT2D eigenvalue weighted by molar-refractivity contribution is -0.918. The number of quaternary nitrogens is 1. The molecule has 0 aromatic heterocycles. The van der Waals surface area contributed by atoms with Crippen molar-refractivity contribution in [3.63, 3.8) is 0 Å². The van der Waals surface area contributed by atoms with Crippen molar-refractivity contribution < 1.29 is 14.4 Å². The summed E-state index contributed by atoms with van der Waals surface area (Å²) in [6.45, 7) is 4.71. The van der Waals surface area contributed by atoms with Gasteiger partial charge in [-0.3, -0.25) is 4.79 Å². The van der Waals surface area contributed by atoms with Crippen LogP contribution < -0.4 is 10.2 Å². The molecule has 1 heterocycles. The van der Waals surface area contributed by atoms with Crippen LogP contribution in [0.1, 0.15) is 46.3 Å². The fourth-order valence-electron chi connectivity index (χ4n) is 3.60. The van der Waals surface area contributed by atoms with Crippen LogP contribution in [0.2, 0.25) is 0 Å². The molecular formula is C22H29N2O2+. The fraction of sp³-hybridized carbons (Fsp3) is 0.409. The minimum Gasteiger partial charge on any atom is -0.380 e. The highest BCUT2D eigenvalue weighted by atomic mass is 16.5. The van der Waals surface area contributed by atoms with Gasteiger partial charge in [-0.05, 0) is 42.5 Å². The van der Waals surface area contributed by atoms with Crippen molar-refractivity contribution in [1.29, 1.82) is 0 Å². The third-order valence-corrected chi connectivity index (χ3v) is 5.09. The third-order valence-electron chi connectivity index (χ3n) is 5.09. The highest BCUT2D eigenvalue weighted by Gasteiger charge is 2.16. The van der Waals surface area contributed by atoms with Crippen LogP contribution in [-0.2, 0) is 24.4 Å². The third kappa shape index (κ3) is 5.16. The number of methoxy groups -OCH3 is 1. The summed E-state index contributed by atoms with van der Waals surface area (Å²) in [4.78, 5) is 14.1. The van der Waals surface area contributed by atoms with E-state index in [1.165, 1.54) is 43.5 Å². The van der Waals surface area contributed by atoms with E-state index in [1.54, 1.807) is 12.0 Å². The second kappa shape index (κ2) is 9.51. The number of likely N-dealkylation sites (tertiary alicyclic amines) is 1. The minimum atomic E-state index is -0.0333. The quantitative estimate of drug-likeness (QED) is 0.802. The Kier molecular flexibility index (Phi) is 6.81. The Hall–Kier alpha value is -2.17. The van der Waals surface area contributed by atoms with E-state index in [0.717, 1.165) is 12.1 Å². The van der Waals surface area contributed by atoms with E-state index >= 15 is 0 Å². The number of hydrogen-bond donors (Lipinski definition) is 2. The standard InChI is InChI=1S/C22H28N2O2/c1-26-17-18-9-11-19(12-10-18)22(25)23-15-20-7-3-4-8-21(20)16-24-13-5-2-6-14-24/h3-4,7-12H,2,5-6,13-17H2,1H3,(H,23,25)/p+1. The topological polar surface area (TPSA) is 42.8 Å². The fourth-order valence-corrected chi connectivity index (χ4v) is 3.60. The Morgan fingerprint density at radius 1 is 1.00 bits per heavy atom. The van der Waals surface area contributed by atoms with Crippen LogP contribution in [0.4, 0.5) is 0 Å². The van der Waals surface area contributed by atoms with E-state index in [2.05, 4.69) is 29.6 Å². The molecule has 0 bridgehead atoms. The summed E-state index contributed by atoms with van der Waals surface area (Å²) in [6.07, 6.45) is 4.02. The maximum absolute atomic E-state index is 12.4. The van der Waals surface area contributed by atoms with Crippen molar-refractivity contribution in [3.05, 3.63) is 70.8 Å². The Balaban J connectivity index is 1.59. The summed E-state index contributed by atoms with van der Waals surface area (Å²) in [6, 6.07) is 16.1. The predicted molar refractivity (Wildman–Crippen MR) is 103 cm³/mol. The maximum Gasteiger partial charge on any atom is 0.251 e. The molecule has 1 aliphatic heterocycles. The van der Waals surface area contributed by atoms with Gasteiger partial charge in [-0.25, -0.2) is 0 Å². The SMILES string of the molecule is COCc1ccc(C(=O)NCc2ccccc2C[NH+]2CCCCC2)cc1. The molecule has 4 nitrogen and oxygen atoms in total. The number of hydrogen-bond acceptors (Lipinski definition) is 2. The molecule has 0 unspecified atom stereocenters. The number of rotatable bonds is 7. The molecule has 0 radical (unpaired) electrons. The van der Waals surface area contributed by atoms with Gasteiger partial charge in [0, 0.05) is 24.8 Å². The van der Waals surface area contributed by atoms with E-state index in [9.17, 15) is 4.79 Å². The van der Waals surface area contributed by atoms with Crippen molar-refractivity contribution in [3.8, 4) is 0 Å². The van der Waals surface area contributed by atoms with Crippen molar-refractivity contribution in [2.24, 2.45) is 0 Å². The first kappa shape index (κ1) is 18.6. The second-order valence-corrected chi connectivity index (χ2v) is 7.07. The molecule has 1 aliphatic rings. The van der Waals surface area contributed by atoms with Gasteiger partial charge in [0.1, 0.15) is 6.54 Å². The van der Waals surface area contributed by atoms with Gasteiger partial charge in [0.25, 0.3) is 5.91 Å². The number of carbonyl (C=O) groups excluding carboxylic acids is 1. The summed E-state index contributed by atoms with van der Waals surface area (Å²) in [5.41, 5.74) is 4.32. The molecular weight excluding hydrogens is 324 g/mol. The van der Waals surface area contributed by atoms with Gasteiger partial charge in [-0.1, -0.05) is 36.4 Å². The molecule has 26 heavy (non-hydrogen) atoms. The van der Waals surface area contributed by atoms with Crippen LogP contribution in [0, 0.1) is 0 Å². The van der Waals surface area contributed by atoms with Crippen molar-refractivity contribution in [2.75, 3.05) is 20.2 Å². The van der Waals surface area contributed by atoms with E-state index in [1.807, 2.05) is 24.3 Å². The zero-order valence-electron chi connectivity index (χ0n) is 15.6. The molecule has 0 atom stereocenters. The predicted octanol–water partition coefficient (Wildman–Crippen LogP) is 2.33. The van der Waals surface area contributed by atoms with Crippen LogP contribution in [0.15, 0.2) is 48.5 Å². The van der Waals surface area contributed by atoms with Crippen LogP contribution >= 0.6 is 0 Å². The monoisotopic (exact) mass is 353 g/mol. The van der Waals surface area contributed by atoms with Crippen molar-refractivity contribution in [2.45, 2.75) is 39.0 Å². The average Bonchev–Trinajstić information content (AvgIpc) is 2.69. The number of carbonyl (C=O) groups is 1. The molecule has 3 rings (SSSR count). The first-order valence-corrected chi connectivity index (χ1v) is 9.52. The zero-order valence-corrected chi connectivity index (χ0v) is 15.6.